The topological polar surface area (TPSA) is 49.4 Å². The number of nitrogens with zero attached hydrogens (tertiary/aromatic N) is 1. The van der Waals surface area contributed by atoms with Gasteiger partial charge in [-0.2, -0.15) is 0 Å². The van der Waals surface area contributed by atoms with Gasteiger partial charge < -0.3 is 5.32 Å². The molecular weight excluding hydrogens is 375 g/mol. The lowest BCUT2D eigenvalue weighted by Gasteiger charge is -2.40. The van der Waals surface area contributed by atoms with Gasteiger partial charge in [0.15, 0.2) is 9.84 Å². The smallest absolute Gasteiger partial charge is 0.194 e. The van der Waals surface area contributed by atoms with E-state index in [4.69, 9.17) is 0 Å². The van der Waals surface area contributed by atoms with Crippen LogP contribution in [0.2, 0.25) is 0 Å². The van der Waals surface area contributed by atoms with Crippen LogP contribution < -0.4 is 5.32 Å². The Balaban J connectivity index is 1.72. The number of hydrogen-bond acceptors (Lipinski definition) is 4. The summed E-state index contributed by atoms with van der Waals surface area (Å²) in [5.41, 5.74) is 2.88. The third-order valence-electron chi connectivity index (χ3n) is 6.08. The first-order valence-electron chi connectivity index (χ1n) is 9.98. The van der Waals surface area contributed by atoms with Crippen molar-refractivity contribution in [1.82, 2.24) is 10.2 Å². The van der Waals surface area contributed by atoms with Crippen LogP contribution in [0.5, 0.6) is 0 Å². The number of aryl methyl sites for hydroxylation is 1. The molecule has 0 aliphatic carbocycles. The molecule has 4 nitrogen and oxygen atoms in total. The van der Waals surface area contributed by atoms with E-state index in [9.17, 15) is 12.8 Å². The minimum absolute atomic E-state index is 0.0712. The summed E-state index contributed by atoms with van der Waals surface area (Å²) in [6.45, 7) is 4.66. The van der Waals surface area contributed by atoms with Crippen molar-refractivity contribution < 1.29 is 12.8 Å². The second-order valence-corrected chi connectivity index (χ2v) is 9.97. The van der Waals surface area contributed by atoms with Crippen LogP contribution in [0.4, 0.5) is 4.39 Å². The molecule has 0 spiro atoms. The standard InChI is InChI=1S/C22H27FN2O2S/c1-16-14-20(6-7-21(16)23)28(26,27)22(18-8-11-24-12-9-18)25-13-10-17-4-2-3-5-19(17)15-25/h2-7,14,18,22,24H,8-13,15H2,1H3. The summed E-state index contributed by atoms with van der Waals surface area (Å²) in [6.07, 6.45) is 2.53. The predicted molar refractivity (Wildman–Crippen MR) is 108 cm³/mol. The fourth-order valence-electron chi connectivity index (χ4n) is 4.55. The second kappa shape index (κ2) is 7.93. The Morgan fingerprint density at radius 3 is 2.54 bits per heavy atom. The van der Waals surface area contributed by atoms with E-state index in [1.165, 1.54) is 29.3 Å². The summed E-state index contributed by atoms with van der Waals surface area (Å²) in [7, 11) is -3.61. The molecular formula is C22H27FN2O2S. The highest BCUT2D eigenvalue weighted by Gasteiger charge is 2.40. The second-order valence-electron chi connectivity index (χ2n) is 7.92. The maximum atomic E-state index is 13.7. The Bertz CT molecular complexity index is 955. The first-order valence-corrected chi connectivity index (χ1v) is 11.5. The Hall–Kier alpha value is -1.76. The number of nitrogens with one attached hydrogen (secondary N) is 1. The zero-order valence-electron chi connectivity index (χ0n) is 16.2. The molecule has 150 valence electrons. The van der Waals surface area contributed by atoms with Gasteiger partial charge in [-0.25, -0.2) is 12.8 Å². The average molecular weight is 403 g/mol. The van der Waals surface area contributed by atoms with Crippen molar-refractivity contribution in [2.24, 2.45) is 5.92 Å². The van der Waals surface area contributed by atoms with Crippen molar-refractivity contribution in [3.05, 3.63) is 65.0 Å². The van der Waals surface area contributed by atoms with Crippen molar-refractivity contribution in [2.45, 2.75) is 43.0 Å². The average Bonchev–Trinajstić information content (AvgIpc) is 2.70. The van der Waals surface area contributed by atoms with Gasteiger partial charge in [0.05, 0.1) is 4.90 Å². The van der Waals surface area contributed by atoms with Crippen molar-refractivity contribution in [3.63, 3.8) is 0 Å². The van der Waals surface area contributed by atoms with Gasteiger partial charge in [0.2, 0.25) is 0 Å². The number of benzene rings is 2. The maximum absolute atomic E-state index is 13.7. The van der Waals surface area contributed by atoms with Gasteiger partial charge in [0.25, 0.3) is 0 Å². The molecule has 0 bridgehead atoms. The fourth-order valence-corrected chi connectivity index (χ4v) is 6.77. The maximum Gasteiger partial charge on any atom is 0.194 e. The molecule has 4 rings (SSSR count). The van der Waals surface area contributed by atoms with Gasteiger partial charge in [-0.3, -0.25) is 4.90 Å². The van der Waals surface area contributed by atoms with Gasteiger partial charge in [-0.1, -0.05) is 24.3 Å². The molecule has 1 atom stereocenters. The lowest BCUT2D eigenvalue weighted by atomic mass is 9.94. The highest BCUT2D eigenvalue weighted by atomic mass is 32.2. The first kappa shape index (κ1) is 19.6. The lowest BCUT2D eigenvalue weighted by molar-refractivity contribution is 0.159. The summed E-state index contributed by atoms with van der Waals surface area (Å²) in [5, 5.41) is 2.76. The van der Waals surface area contributed by atoms with Crippen LogP contribution in [0.15, 0.2) is 47.4 Å². The normalized spacial score (nSPS) is 19.9. The first-order chi connectivity index (χ1) is 13.5. The Labute approximate surface area is 166 Å². The van der Waals surface area contributed by atoms with E-state index in [1.54, 1.807) is 6.92 Å². The molecule has 0 aromatic heterocycles. The molecule has 1 unspecified atom stereocenters. The number of fused-ring (bicyclic) bond motifs is 1. The highest BCUT2D eigenvalue weighted by molar-refractivity contribution is 7.92. The van der Waals surface area contributed by atoms with Crippen LogP contribution in [0, 0.1) is 18.7 Å². The molecule has 1 saturated heterocycles. The molecule has 6 heteroatoms. The van der Waals surface area contributed by atoms with Gasteiger partial charge >= 0.3 is 0 Å². The molecule has 2 aliphatic heterocycles. The fraction of sp³-hybridized carbons (Fsp3) is 0.455. The van der Waals surface area contributed by atoms with Crippen LogP contribution in [-0.2, 0) is 22.8 Å². The van der Waals surface area contributed by atoms with E-state index >= 15 is 0 Å². The number of piperidine rings is 1. The Morgan fingerprint density at radius 1 is 1.11 bits per heavy atom. The predicted octanol–water partition coefficient (Wildman–Crippen LogP) is 3.29. The molecule has 1 fully saturated rings. The molecule has 0 radical (unpaired) electrons. The van der Waals surface area contributed by atoms with E-state index in [0.717, 1.165) is 38.9 Å². The van der Waals surface area contributed by atoms with Crippen molar-refractivity contribution in [3.8, 4) is 0 Å². The van der Waals surface area contributed by atoms with E-state index in [2.05, 4.69) is 22.3 Å². The molecule has 2 heterocycles. The molecule has 2 aliphatic rings. The van der Waals surface area contributed by atoms with Crippen molar-refractivity contribution >= 4 is 9.84 Å². The van der Waals surface area contributed by atoms with Gasteiger partial charge in [0, 0.05) is 13.1 Å². The highest BCUT2D eigenvalue weighted by Crippen LogP contribution is 2.33. The Morgan fingerprint density at radius 2 is 1.82 bits per heavy atom. The summed E-state index contributed by atoms with van der Waals surface area (Å²) in [6, 6.07) is 12.4. The van der Waals surface area contributed by atoms with Crippen LogP contribution in [0.1, 0.15) is 29.5 Å². The quantitative estimate of drug-likeness (QED) is 0.798. The number of sulfone groups is 1. The third kappa shape index (κ3) is 3.73. The lowest BCUT2D eigenvalue weighted by Crippen LogP contribution is -2.50. The zero-order chi connectivity index (χ0) is 19.7. The van der Waals surface area contributed by atoms with E-state index in [0.29, 0.717) is 12.1 Å². The van der Waals surface area contributed by atoms with Gasteiger partial charge in [0.1, 0.15) is 11.2 Å². The molecule has 1 N–H and O–H groups in total. The molecule has 2 aromatic carbocycles. The van der Waals surface area contributed by atoms with Gasteiger partial charge in [-0.15, -0.1) is 0 Å². The van der Waals surface area contributed by atoms with Crippen molar-refractivity contribution in [2.75, 3.05) is 19.6 Å². The van der Waals surface area contributed by atoms with E-state index in [-0.39, 0.29) is 16.6 Å². The molecule has 2 aromatic rings. The zero-order valence-corrected chi connectivity index (χ0v) is 17.0. The van der Waals surface area contributed by atoms with Crippen LogP contribution in [0.3, 0.4) is 0 Å². The largest absolute Gasteiger partial charge is 0.317 e. The van der Waals surface area contributed by atoms with Gasteiger partial charge in [-0.05, 0) is 80.1 Å². The summed E-state index contributed by atoms with van der Waals surface area (Å²) < 4.78 is 41.2. The van der Waals surface area contributed by atoms with E-state index in [1.807, 2.05) is 12.1 Å². The Kier molecular flexibility index (Phi) is 5.54. The van der Waals surface area contributed by atoms with Crippen molar-refractivity contribution in [1.29, 1.82) is 0 Å². The minimum Gasteiger partial charge on any atom is -0.317 e. The van der Waals surface area contributed by atoms with Crippen LogP contribution >= 0.6 is 0 Å². The SMILES string of the molecule is Cc1cc(S(=O)(=O)C(C2CCNCC2)N2CCc3ccccc3C2)ccc1F. The third-order valence-corrected chi connectivity index (χ3v) is 8.31. The summed E-state index contributed by atoms with van der Waals surface area (Å²) in [4.78, 5) is 2.36. The monoisotopic (exact) mass is 402 g/mol. The van der Waals surface area contributed by atoms with E-state index < -0.39 is 15.2 Å². The molecule has 28 heavy (non-hydrogen) atoms. The van der Waals surface area contributed by atoms with Crippen LogP contribution in [0.25, 0.3) is 0 Å². The number of rotatable bonds is 4. The summed E-state index contributed by atoms with van der Waals surface area (Å²) >= 11 is 0. The minimum atomic E-state index is -3.61. The summed E-state index contributed by atoms with van der Waals surface area (Å²) in [5.74, 6) is -0.300. The molecule has 0 amide bonds. The number of halogens is 1. The molecule has 0 saturated carbocycles. The van der Waals surface area contributed by atoms with Crippen LogP contribution in [-0.4, -0.2) is 38.3 Å². The number of hydrogen-bond donors (Lipinski definition) is 1.